The summed E-state index contributed by atoms with van der Waals surface area (Å²) in [7, 11) is 0. The van der Waals surface area contributed by atoms with Crippen LogP contribution in [0, 0.1) is 0 Å². The SMILES string of the molecule is O=C1Cn2cccc2-c2ccccc21. The highest BCUT2D eigenvalue weighted by molar-refractivity contribution is 6.04. The Morgan fingerprint density at radius 2 is 1.79 bits per heavy atom. The van der Waals surface area contributed by atoms with Gasteiger partial charge in [0.15, 0.2) is 5.78 Å². The molecule has 2 aromatic rings. The summed E-state index contributed by atoms with van der Waals surface area (Å²) in [6.07, 6.45) is 1.95. The summed E-state index contributed by atoms with van der Waals surface area (Å²) < 4.78 is 1.99. The summed E-state index contributed by atoms with van der Waals surface area (Å²) in [6.45, 7) is 0.472. The van der Waals surface area contributed by atoms with Gasteiger partial charge in [-0.2, -0.15) is 0 Å². The molecule has 1 aromatic heterocycles. The van der Waals surface area contributed by atoms with Crippen molar-refractivity contribution in [1.82, 2.24) is 4.57 Å². The number of fused-ring (bicyclic) bond motifs is 3. The Labute approximate surface area is 81.8 Å². The first kappa shape index (κ1) is 7.56. The molecule has 0 spiro atoms. The number of carbonyl (C=O) groups is 1. The fourth-order valence-corrected chi connectivity index (χ4v) is 1.99. The molecule has 0 saturated carbocycles. The van der Waals surface area contributed by atoms with Crippen LogP contribution >= 0.6 is 0 Å². The maximum absolute atomic E-state index is 11.7. The molecule has 0 N–H and O–H groups in total. The molecule has 0 saturated heterocycles. The predicted molar refractivity (Wildman–Crippen MR) is 54.2 cm³/mol. The van der Waals surface area contributed by atoms with Crippen molar-refractivity contribution in [2.24, 2.45) is 0 Å². The first-order valence-corrected chi connectivity index (χ1v) is 4.64. The Morgan fingerprint density at radius 3 is 2.64 bits per heavy atom. The topological polar surface area (TPSA) is 22.0 Å². The molecule has 68 valence electrons. The third-order valence-electron chi connectivity index (χ3n) is 2.65. The number of hydrogen-bond acceptors (Lipinski definition) is 1. The minimum absolute atomic E-state index is 0.198. The monoisotopic (exact) mass is 183 g/mol. The van der Waals surface area contributed by atoms with Crippen molar-refractivity contribution in [1.29, 1.82) is 0 Å². The van der Waals surface area contributed by atoms with Crippen LogP contribution in [0.4, 0.5) is 0 Å². The zero-order chi connectivity index (χ0) is 9.54. The van der Waals surface area contributed by atoms with E-state index in [1.54, 1.807) is 0 Å². The van der Waals surface area contributed by atoms with Crippen molar-refractivity contribution in [3.8, 4) is 11.3 Å². The summed E-state index contributed by atoms with van der Waals surface area (Å²) in [5, 5.41) is 0. The van der Waals surface area contributed by atoms with Crippen molar-refractivity contribution in [3.05, 3.63) is 48.2 Å². The van der Waals surface area contributed by atoms with E-state index in [2.05, 4.69) is 0 Å². The highest BCUT2D eigenvalue weighted by atomic mass is 16.1. The van der Waals surface area contributed by atoms with Crippen molar-refractivity contribution >= 4 is 5.78 Å². The van der Waals surface area contributed by atoms with E-state index in [4.69, 9.17) is 0 Å². The Balaban J connectivity index is 2.36. The van der Waals surface area contributed by atoms with Crippen LogP contribution in [0.5, 0.6) is 0 Å². The van der Waals surface area contributed by atoms with Crippen molar-refractivity contribution < 1.29 is 4.79 Å². The molecule has 2 nitrogen and oxygen atoms in total. The molecule has 1 aliphatic heterocycles. The molecule has 2 heterocycles. The van der Waals surface area contributed by atoms with Gasteiger partial charge in [0, 0.05) is 23.0 Å². The van der Waals surface area contributed by atoms with Crippen LogP contribution in [0.3, 0.4) is 0 Å². The third-order valence-corrected chi connectivity index (χ3v) is 2.65. The van der Waals surface area contributed by atoms with E-state index in [1.807, 2.05) is 47.2 Å². The number of carbonyl (C=O) groups excluding carboxylic acids is 1. The van der Waals surface area contributed by atoms with Crippen LogP contribution in [0.1, 0.15) is 10.4 Å². The number of rotatable bonds is 0. The van der Waals surface area contributed by atoms with E-state index in [0.29, 0.717) is 6.54 Å². The maximum Gasteiger partial charge on any atom is 0.183 e. The second-order valence-corrected chi connectivity index (χ2v) is 3.49. The lowest BCUT2D eigenvalue weighted by molar-refractivity contribution is 0.0970. The Morgan fingerprint density at radius 1 is 1.00 bits per heavy atom. The van der Waals surface area contributed by atoms with Crippen LogP contribution in [0.2, 0.25) is 0 Å². The molecule has 0 unspecified atom stereocenters. The highest BCUT2D eigenvalue weighted by Crippen LogP contribution is 2.28. The van der Waals surface area contributed by atoms with Gasteiger partial charge in [-0.05, 0) is 12.1 Å². The van der Waals surface area contributed by atoms with Gasteiger partial charge in [-0.15, -0.1) is 0 Å². The van der Waals surface area contributed by atoms with E-state index in [1.165, 1.54) is 0 Å². The minimum atomic E-state index is 0.198. The van der Waals surface area contributed by atoms with Gasteiger partial charge in [0.25, 0.3) is 0 Å². The molecule has 0 bridgehead atoms. The molecule has 0 atom stereocenters. The van der Waals surface area contributed by atoms with Gasteiger partial charge in [0.05, 0.1) is 6.54 Å². The third kappa shape index (κ3) is 0.880. The van der Waals surface area contributed by atoms with Gasteiger partial charge < -0.3 is 4.57 Å². The number of nitrogens with zero attached hydrogens (tertiary/aromatic N) is 1. The summed E-state index contributed by atoms with van der Waals surface area (Å²) in [5.41, 5.74) is 3.03. The number of benzene rings is 1. The Bertz CT molecular complexity index is 511. The normalized spacial score (nSPS) is 13.6. The lowest BCUT2D eigenvalue weighted by Gasteiger charge is -2.17. The van der Waals surface area contributed by atoms with Crippen LogP contribution in [-0.2, 0) is 6.54 Å². The van der Waals surface area contributed by atoms with E-state index in [9.17, 15) is 4.79 Å². The standard InChI is InChI=1S/C12H9NO/c14-12-8-13-7-3-6-11(13)9-4-1-2-5-10(9)12/h1-7H,8H2. The van der Waals surface area contributed by atoms with E-state index in [-0.39, 0.29) is 5.78 Å². The van der Waals surface area contributed by atoms with Gasteiger partial charge in [-0.1, -0.05) is 24.3 Å². The van der Waals surface area contributed by atoms with Crippen molar-refractivity contribution in [3.63, 3.8) is 0 Å². The van der Waals surface area contributed by atoms with Gasteiger partial charge in [0.2, 0.25) is 0 Å². The van der Waals surface area contributed by atoms with Crippen LogP contribution in [-0.4, -0.2) is 10.4 Å². The van der Waals surface area contributed by atoms with Gasteiger partial charge in [-0.25, -0.2) is 0 Å². The fourth-order valence-electron chi connectivity index (χ4n) is 1.99. The zero-order valence-corrected chi connectivity index (χ0v) is 7.60. The molecule has 1 aromatic carbocycles. The maximum atomic E-state index is 11.7. The second kappa shape index (κ2) is 2.58. The predicted octanol–water partition coefficient (Wildman–Crippen LogP) is 2.35. The van der Waals surface area contributed by atoms with E-state index >= 15 is 0 Å². The largest absolute Gasteiger partial charge is 0.340 e. The summed E-state index contributed by atoms with van der Waals surface area (Å²) in [6, 6.07) is 11.8. The van der Waals surface area contributed by atoms with Gasteiger partial charge in [0.1, 0.15) is 0 Å². The average molecular weight is 183 g/mol. The fraction of sp³-hybridized carbons (Fsp3) is 0.0833. The van der Waals surface area contributed by atoms with Crippen molar-refractivity contribution in [2.45, 2.75) is 6.54 Å². The molecular formula is C12H9NO. The molecule has 1 aliphatic rings. The van der Waals surface area contributed by atoms with E-state index in [0.717, 1.165) is 16.8 Å². The number of Topliss-reactive ketones (excluding diaryl/α,β-unsaturated/α-hetero) is 1. The van der Waals surface area contributed by atoms with Crippen LogP contribution in [0.15, 0.2) is 42.6 Å². The van der Waals surface area contributed by atoms with Gasteiger partial charge >= 0.3 is 0 Å². The number of aromatic nitrogens is 1. The molecule has 3 rings (SSSR count). The van der Waals surface area contributed by atoms with E-state index < -0.39 is 0 Å². The highest BCUT2D eigenvalue weighted by Gasteiger charge is 2.20. The molecule has 14 heavy (non-hydrogen) atoms. The molecule has 0 aliphatic carbocycles. The number of ketones is 1. The molecule has 2 heteroatoms. The van der Waals surface area contributed by atoms with Gasteiger partial charge in [-0.3, -0.25) is 4.79 Å². The zero-order valence-electron chi connectivity index (χ0n) is 7.60. The molecule has 0 amide bonds. The minimum Gasteiger partial charge on any atom is -0.340 e. The molecule has 0 radical (unpaired) electrons. The van der Waals surface area contributed by atoms with Crippen molar-refractivity contribution in [2.75, 3.05) is 0 Å². The summed E-state index contributed by atoms with van der Waals surface area (Å²) in [5.74, 6) is 0.198. The second-order valence-electron chi connectivity index (χ2n) is 3.49. The Hall–Kier alpha value is -1.83. The lowest BCUT2D eigenvalue weighted by Crippen LogP contribution is -2.16. The van der Waals surface area contributed by atoms with Crippen LogP contribution in [0.25, 0.3) is 11.3 Å². The average Bonchev–Trinajstić information content (AvgIpc) is 2.66. The summed E-state index contributed by atoms with van der Waals surface area (Å²) in [4.78, 5) is 11.7. The first-order chi connectivity index (χ1) is 6.86. The lowest BCUT2D eigenvalue weighted by atomic mass is 9.98. The smallest absolute Gasteiger partial charge is 0.183 e. The quantitative estimate of drug-likeness (QED) is 0.614. The Kier molecular flexibility index (Phi) is 1.39. The molecular weight excluding hydrogens is 174 g/mol. The van der Waals surface area contributed by atoms with Crippen LogP contribution < -0.4 is 0 Å². The summed E-state index contributed by atoms with van der Waals surface area (Å²) >= 11 is 0. The number of hydrogen-bond donors (Lipinski definition) is 0. The first-order valence-electron chi connectivity index (χ1n) is 4.64. The molecule has 0 fully saturated rings.